The number of carbonyl (C=O) groups is 2. The summed E-state index contributed by atoms with van der Waals surface area (Å²) in [5.41, 5.74) is 0. The molecule has 354 valence electrons. The number of unbranched alkanes of at least 4 members (excludes halogenated alkanes) is 17. The van der Waals surface area contributed by atoms with Gasteiger partial charge in [-0.1, -0.05) is 145 Å². The van der Waals surface area contributed by atoms with Crippen molar-refractivity contribution >= 4 is 19.8 Å². The highest BCUT2D eigenvalue weighted by Gasteiger charge is 2.21. The lowest BCUT2D eigenvalue weighted by atomic mass is 10.1. The predicted molar refractivity (Wildman–Crippen MR) is 251 cm³/mol. The molecule has 0 aromatic rings. The number of aliphatic hydroxyl groups is 1. The lowest BCUT2D eigenvalue weighted by Crippen LogP contribution is -2.37. The molecule has 0 aliphatic carbocycles. The normalized spacial score (nSPS) is 14.5. The molecular formula is C50H90NO9P. The summed E-state index contributed by atoms with van der Waals surface area (Å²) in [6, 6.07) is 0. The maximum Gasteiger partial charge on any atom is 0.306 e. The number of aliphatic hydroxyl groups excluding tert-OH is 1. The quantitative estimate of drug-likeness (QED) is 0.0209. The Balaban J connectivity index is 4.39. The van der Waals surface area contributed by atoms with E-state index < -0.39 is 32.5 Å². The van der Waals surface area contributed by atoms with Crippen LogP contribution in [0.2, 0.25) is 0 Å². The minimum atomic E-state index is -4.65. The SMILES string of the molecule is CCCCCCCC/C=C\CCCCCCCCCCCC(=O)O[C@H](COC(=O)CCC/C=C\C/C=C\C/C=C\C/C=C\CCC[C@@H](C)O)COP(=O)([O-])OCC[N+](C)(C)C. The number of hydrogen-bond acceptors (Lipinski definition) is 9. The fraction of sp³-hybridized carbons (Fsp3) is 0.760. The summed E-state index contributed by atoms with van der Waals surface area (Å²) in [4.78, 5) is 37.6. The third-order valence-electron chi connectivity index (χ3n) is 10.0. The van der Waals surface area contributed by atoms with Gasteiger partial charge in [-0.2, -0.15) is 0 Å². The molecule has 0 spiro atoms. The first-order valence-corrected chi connectivity index (χ1v) is 25.5. The van der Waals surface area contributed by atoms with Gasteiger partial charge in [0.25, 0.3) is 7.82 Å². The van der Waals surface area contributed by atoms with Gasteiger partial charge in [0.05, 0.1) is 33.9 Å². The topological polar surface area (TPSA) is 131 Å². The maximum absolute atomic E-state index is 12.7. The number of ether oxygens (including phenoxy) is 2. The van der Waals surface area contributed by atoms with Crippen LogP contribution in [0.4, 0.5) is 0 Å². The Kier molecular flexibility index (Phi) is 40.1. The number of likely N-dealkylation sites (N-methyl/N-ethyl adjacent to an activating group) is 1. The molecule has 0 heterocycles. The largest absolute Gasteiger partial charge is 0.756 e. The van der Waals surface area contributed by atoms with Gasteiger partial charge in [-0.15, -0.1) is 0 Å². The highest BCUT2D eigenvalue weighted by atomic mass is 31.2. The van der Waals surface area contributed by atoms with Crippen LogP contribution in [0.5, 0.6) is 0 Å². The third kappa shape index (κ3) is 47.0. The lowest BCUT2D eigenvalue weighted by molar-refractivity contribution is -0.870. The van der Waals surface area contributed by atoms with Crippen molar-refractivity contribution in [3.05, 3.63) is 60.8 Å². The summed E-state index contributed by atoms with van der Waals surface area (Å²) >= 11 is 0. The molecule has 0 saturated heterocycles. The predicted octanol–water partition coefficient (Wildman–Crippen LogP) is 12.4. The molecule has 0 aliphatic heterocycles. The van der Waals surface area contributed by atoms with Crippen molar-refractivity contribution in [3.63, 3.8) is 0 Å². The second-order valence-corrected chi connectivity index (χ2v) is 18.8. The average Bonchev–Trinajstić information content (AvgIpc) is 3.20. The van der Waals surface area contributed by atoms with E-state index in [0.717, 1.165) is 64.2 Å². The maximum atomic E-state index is 12.7. The number of phosphoric ester groups is 1. The number of carbonyl (C=O) groups excluding carboxylic acids is 2. The monoisotopic (exact) mass is 880 g/mol. The molecule has 10 nitrogen and oxygen atoms in total. The fourth-order valence-corrected chi connectivity index (χ4v) is 6.98. The van der Waals surface area contributed by atoms with Crippen molar-refractivity contribution in [2.75, 3.05) is 47.5 Å². The molecule has 0 radical (unpaired) electrons. The van der Waals surface area contributed by atoms with Crippen LogP contribution in [-0.2, 0) is 32.7 Å². The molecule has 0 rings (SSSR count). The number of rotatable bonds is 43. The summed E-state index contributed by atoms with van der Waals surface area (Å²) in [6.45, 7) is 3.70. The molecule has 0 aromatic heterocycles. The van der Waals surface area contributed by atoms with Crippen LogP contribution in [0.15, 0.2) is 60.8 Å². The molecule has 0 saturated carbocycles. The van der Waals surface area contributed by atoms with Gasteiger partial charge in [0.2, 0.25) is 0 Å². The van der Waals surface area contributed by atoms with Crippen LogP contribution < -0.4 is 4.89 Å². The zero-order valence-corrected chi connectivity index (χ0v) is 40.4. The number of hydrogen-bond donors (Lipinski definition) is 1. The van der Waals surface area contributed by atoms with E-state index in [-0.39, 0.29) is 32.2 Å². The first kappa shape index (κ1) is 58.7. The summed E-state index contributed by atoms with van der Waals surface area (Å²) in [5.74, 6) is -0.920. The Labute approximate surface area is 373 Å². The van der Waals surface area contributed by atoms with Crippen LogP contribution in [0.25, 0.3) is 0 Å². The lowest BCUT2D eigenvalue weighted by Gasteiger charge is -2.28. The molecular weight excluding hydrogens is 790 g/mol. The molecule has 11 heteroatoms. The first-order valence-electron chi connectivity index (χ1n) is 24.0. The molecule has 0 aromatic carbocycles. The first-order chi connectivity index (χ1) is 29.3. The minimum Gasteiger partial charge on any atom is -0.756 e. The zero-order chi connectivity index (χ0) is 45.1. The van der Waals surface area contributed by atoms with E-state index in [1.165, 1.54) is 83.5 Å². The second-order valence-electron chi connectivity index (χ2n) is 17.4. The number of phosphoric acid groups is 1. The van der Waals surface area contributed by atoms with Crippen LogP contribution >= 0.6 is 7.82 Å². The molecule has 61 heavy (non-hydrogen) atoms. The molecule has 3 atom stereocenters. The van der Waals surface area contributed by atoms with Gasteiger partial charge >= 0.3 is 11.9 Å². The van der Waals surface area contributed by atoms with Crippen molar-refractivity contribution in [1.82, 2.24) is 0 Å². The van der Waals surface area contributed by atoms with Gasteiger partial charge in [-0.25, -0.2) is 0 Å². The van der Waals surface area contributed by atoms with Crippen LogP contribution in [0, 0.1) is 0 Å². The van der Waals surface area contributed by atoms with E-state index >= 15 is 0 Å². The van der Waals surface area contributed by atoms with Gasteiger partial charge < -0.3 is 33.0 Å². The van der Waals surface area contributed by atoms with Crippen LogP contribution in [0.1, 0.15) is 187 Å². The zero-order valence-electron chi connectivity index (χ0n) is 39.5. The Hall–Kier alpha value is -2.33. The Morgan fingerprint density at radius 3 is 1.56 bits per heavy atom. The van der Waals surface area contributed by atoms with Crippen LogP contribution in [0.3, 0.4) is 0 Å². The van der Waals surface area contributed by atoms with E-state index in [1.54, 1.807) is 0 Å². The summed E-state index contributed by atoms with van der Waals surface area (Å²) in [5, 5.41) is 9.28. The van der Waals surface area contributed by atoms with E-state index in [9.17, 15) is 24.2 Å². The van der Waals surface area contributed by atoms with Gasteiger partial charge in [0.1, 0.15) is 19.8 Å². The van der Waals surface area contributed by atoms with Gasteiger partial charge in [-0.05, 0) is 90.4 Å². The van der Waals surface area contributed by atoms with E-state index in [1.807, 2.05) is 34.1 Å². The number of esters is 2. The highest BCUT2D eigenvalue weighted by Crippen LogP contribution is 2.38. The van der Waals surface area contributed by atoms with E-state index in [4.69, 9.17) is 18.5 Å². The second kappa shape index (κ2) is 41.7. The summed E-state index contributed by atoms with van der Waals surface area (Å²) < 4.78 is 33.9. The van der Waals surface area contributed by atoms with Crippen molar-refractivity contribution in [1.29, 1.82) is 0 Å². The van der Waals surface area contributed by atoms with Crippen molar-refractivity contribution in [2.24, 2.45) is 0 Å². The van der Waals surface area contributed by atoms with Gasteiger partial charge in [-0.3, -0.25) is 14.2 Å². The summed E-state index contributed by atoms with van der Waals surface area (Å²) in [7, 11) is 1.11. The minimum absolute atomic E-state index is 0.0470. The molecule has 0 aliphatic rings. The van der Waals surface area contributed by atoms with Crippen molar-refractivity contribution < 1.29 is 47.2 Å². The smallest absolute Gasteiger partial charge is 0.306 e. The van der Waals surface area contributed by atoms with Crippen molar-refractivity contribution in [2.45, 2.75) is 199 Å². The average molecular weight is 880 g/mol. The number of nitrogens with zero attached hydrogens (tertiary/aromatic N) is 1. The highest BCUT2D eigenvalue weighted by molar-refractivity contribution is 7.45. The number of quaternary nitrogens is 1. The molecule has 0 fully saturated rings. The molecule has 1 N–H and O–H groups in total. The third-order valence-corrected chi connectivity index (χ3v) is 11.0. The standard InChI is InChI=1S/C50H90NO9P/c1-6-7-8-9-10-11-12-13-14-15-16-17-20-24-27-30-33-36-39-42-50(54)60-48(46-59-61(55,56)58-44-43-51(3,4)5)45-57-49(53)41-38-35-32-29-26-23-21-18-19-22-25-28-31-34-37-40-47(2)52/h13-14,19,21-23,28-29,31-32,47-48,52H,6-12,15-18,20,24-27,30,33-46H2,1-5H3/b14-13-,22-19-,23-21-,31-28-,32-29-/t47-,48-/m1/s1. The Morgan fingerprint density at radius 2 is 1.03 bits per heavy atom. The molecule has 1 unspecified atom stereocenters. The fourth-order valence-electron chi connectivity index (χ4n) is 6.25. The van der Waals surface area contributed by atoms with Crippen molar-refractivity contribution in [3.8, 4) is 0 Å². The number of allylic oxidation sites excluding steroid dienone is 10. The van der Waals surface area contributed by atoms with Gasteiger partial charge in [0.15, 0.2) is 6.10 Å². The van der Waals surface area contributed by atoms with Gasteiger partial charge in [0, 0.05) is 12.8 Å². The van der Waals surface area contributed by atoms with Crippen LogP contribution in [-0.4, -0.2) is 81.2 Å². The van der Waals surface area contributed by atoms with E-state index in [2.05, 4.69) is 61.6 Å². The van der Waals surface area contributed by atoms with E-state index in [0.29, 0.717) is 23.9 Å². The molecule has 0 amide bonds. The Bertz CT molecular complexity index is 1240. The molecule has 0 bridgehead atoms. The summed E-state index contributed by atoms with van der Waals surface area (Å²) in [6.07, 6.45) is 48.1. The Morgan fingerprint density at radius 1 is 0.590 bits per heavy atom.